The number of hydrogen-bond acceptors (Lipinski definition) is 5. The van der Waals surface area contributed by atoms with Crippen molar-refractivity contribution in [1.29, 1.82) is 0 Å². The van der Waals surface area contributed by atoms with Crippen molar-refractivity contribution in [2.24, 2.45) is 5.92 Å². The summed E-state index contributed by atoms with van der Waals surface area (Å²) >= 11 is 0. The molecule has 1 aromatic heterocycles. The molecule has 5 nitrogen and oxygen atoms in total. The Balaban J connectivity index is 1.92. The van der Waals surface area contributed by atoms with Crippen LogP contribution in [0.3, 0.4) is 0 Å². The number of nitrogens with one attached hydrogen (secondary N) is 1. The van der Waals surface area contributed by atoms with Crippen molar-refractivity contribution < 1.29 is 4.39 Å². The van der Waals surface area contributed by atoms with Gasteiger partial charge in [0.25, 0.3) is 0 Å². The zero-order valence-corrected chi connectivity index (χ0v) is 13.0. The van der Waals surface area contributed by atoms with Gasteiger partial charge >= 0.3 is 0 Å². The second kappa shape index (κ2) is 5.51. The number of aryl methyl sites for hydroxylation is 1. The predicted molar refractivity (Wildman–Crippen MR) is 84.2 cm³/mol. The first kappa shape index (κ1) is 14.7. The summed E-state index contributed by atoms with van der Waals surface area (Å²) in [5, 5.41) is 3.30. The third kappa shape index (κ3) is 2.73. The highest BCUT2D eigenvalue weighted by molar-refractivity contribution is 5.44. The van der Waals surface area contributed by atoms with E-state index in [9.17, 15) is 4.39 Å². The normalized spacial score (nSPS) is 21.5. The Labute approximate surface area is 129 Å². The number of nitrogens with zero attached hydrogens (tertiary/aromatic N) is 3. The van der Waals surface area contributed by atoms with E-state index in [1.165, 1.54) is 23.6 Å². The van der Waals surface area contributed by atoms with Gasteiger partial charge in [-0.1, -0.05) is 30.7 Å². The van der Waals surface area contributed by atoms with Crippen molar-refractivity contribution in [3.63, 3.8) is 0 Å². The lowest BCUT2D eigenvalue weighted by Gasteiger charge is -2.19. The Morgan fingerprint density at radius 2 is 2.09 bits per heavy atom. The van der Waals surface area contributed by atoms with Gasteiger partial charge in [-0.2, -0.15) is 15.0 Å². The van der Waals surface area contributed by atoms with Crippen LogP contribution in [0.2, 0.25) is 0 Å². The van der Waals surface area contributed by atoms with Gasteiger partial charge in [0.2, 0.25) is 11.9 Å². The van der Waals surface area contributed by atoms with Gasteiger partial charge in [-0.25, -0.2) is 4.39 Å². The molecule has 0 saturated carbocycles. The third-order valence-corrected chi connectivity index (χ3v) is 4.06. The van der Waals surface area contributed by atoms with Gasteiger partial charge in [-0.15, -0.1) is 0 Å². The van der Waals surface area contributed by atoms with Gasteiger partial charge in [0.15, 0.2) is 12.0 Å². The molecule has 0 radical (unpaired) electrons. The molecule has 116 valence electrons. The van der Waals surface area contributed by atoms with E-state index < -0.39 is 6.17 Å². The summed E-state index contributed by atoms with van der Waals surface area (Å²) in [5.41, 5.74) is 9.45. The first-order valence-electron chi connectivity index (χ1n) is 7.45. The SMILES string of the molecule is Cc1ccc2c(c1)C(Nc1nc(N)nc(C(C)F)n1)C(C)C2. The molecule has 3 unspecified atom stereocenters. The van der Waals surface area contributed by atoms with Crippen LogP contribution in [0.5, 0.6) is 0 Å². The molecule has 0 aliphatic heterocycles. The smallest absolute Gasteiger partial charge is 0.228 e. The van der Waals surface area contributed by atoms with Crippen LogP contribution in [-0.4, -0.2) is 15.0 Å². The Kier molecular flexibility index (Phi) is 3.68. The minimum absolute atomic E-state index is 0.0344. The molecule has 0 bridgehead atoms. The van der Waals surface area contributed by atoms with Crippen LogP contribution >= 0.6 is 0 Å². The summed E-state index contributed by atoms with van der Waals surface area (Å²) < 4.78 is 13.4. The molecule has 1 aliphatic rings. The zero-order chi connectivity index (χ0) is 15.9. The summed E-state index contributed by atoms with van der Waals surface area (Å²) in [5.74, 6) is 0.830. The minimum Gasteiger partial charge on any atom is -0.368 e. The van der Waals surface area contributed by atoms with Crippen molar-refractivity contribution in [3.8, 4) is 0 Å². The fraction of sp³-hybridized carbons (Fsp3) is 0.438. The first-order chi connectivity index (χ1) is 10.4. The van der Waals surface area contributed by atoms with Gasteiger partial charge in [-0.3, -0.25) is 0 Å². The summed E-state index contributed by atoms with van der Waals surface area (Å²) in [6, 6.07) is 6.57. The number of benzene rings is 1. The first-order valence-corrected chi connectivity index (χ1v) is 7.45. The summed E-state index contributed by atoms with van der Waals surface area (Å²) in [4.78, 5) is 12.1. The highest BCUT2D eigenvalue weighted by Crippen LogP contribution is 2.38. The monoisotopic (exact) mass is 301 g/mol. The number of aromatic nitrogens is 3. The summed E-state index contributed by atoms with van der Waals surface area (Å²) in [6.07, 6.45) is -0.276. The lowest BCUT2D eigenvalue weighted by Crippen LogP contribution is -2.18. The van der Waals surface area contributed by atoms with Gasteiger partial charge in [0, 0.05) is 0 Å². The molecule has 0 saturated heterocycles. The van der Waals surface area contributed by atoms with Crippen molar-refractivity contribution in [2.75, 3.05) is 11.1 Å². The molecule has 0 amide bonds. The molecule has 3 rings (SSSR count). The second-order valence-corrected chi connectivity index (χ2v) is 6.00. The van der Waals surface area contributed by atoms with E-state index in [2.05, 4.69) is 52.3 Å². The molecule has 1 aromatic carbocycles. The van der Waals surface area contributed by atoms with Crippen LogP contribution in [0, 0.1) is 12.8 Å². The van der Waals surface area contributed by atoms with E-state index in [0.29, 0.717) is 11.9 Å². The molecule has 1 heterocycles. The maximum absolute atomic E-state index is 13.4. The molecule has 0 spiro atoms. The Hall–Kier alpha value is -2.24. The Morgan fingerprint density at radius 1 is 1.32 bits per heavy atom. The average molecular weight is 301 g/mol. The quantitative estimate of drug-likeness (QED) is 0.910. The number of fused-ring (bicyclic) bond motifs is 1. The van der Waals surface area contributed by atoms with Gasteiger partial charge in [0.05, 0.1) is 6.04 Å². The Bertz CT molecular complexity index is 701. The highest BCUT2D eigenvalue weighted by atomic mass is 19.1. The Morgan fingerprint density at radius 3 is 2.82 bits per heavy atom. The fourth-order valence-electron chi connectivity index (χ4n) is 2.97. The molecule has 3 atom stereocenters. The predicted octanol–water partition coefficient (Wildman–Crippen LogP) is 3.14. The van der Waals surface area contributed by atoms with Crippen LogP contribution in [0.15, 0.2) is 18.2 Å². The second-order valence-electron chi connectivity index (χ2n) is 6.00. The van der Waals surface area contributed by atoms with E-state index in [1.807, 2.05) is 0 Å². The van der Waals surface area contributed by atoms with E-state index in [1.54, 1.807) is 0 Å². The van der Waals surface area contributed by atoms with Crippen LogP contribution in [0.25, 0.3) is 0 Å². The van der Waals surface area contributed by atoms with E-state index in [-0.39, 0.29) is 17.8 Å². The van der Waals surface area contributed by atoms with E-state index in [0.717, 1.165) is 6.42 Å². The van der Waals surface area contributed by atoms with Crippen molar-refractivity contribution in [2.45, 2.75) is 39.4 Å². The van der Waals surface area contributed by atoms with Gasteiger partial charge in [-0.05, 0) is 37.3 Å². The molecule has 6 heteroatoms. The average Bonchev–Trinajstić information content (AvgIpc) is 2.74. The number of anilines is 2. The van der Waals surface area contributed by atoms with Crippen molar-refractivity contribution in [1.82, 2.24) is 15.0 Å². The molecular formula is C16H20FN5. The lowest BCUT2D eigenvalue weighted by atomic mass is 10.0. The standard InChI is InChI=1S/C16H20FN5/c1-8-4-5-11-7-9(2)13(12(11)6-8)19-16-21-14(10(3)17)20-15(18)22-16/h4-6,9-10,13H,7H2,1-3H3,(H3,18,19,20,21,22). The summed E-state index contributed by atoms with van der Waals surface area (Å²) in [6.45, 7) is 5.63. The van der Waals surface area contributed by atoms with E-state index >= 15 is 0 Å². The maximum Gasteiger partial charge on any atom is 0.228 e. The number of nitrogens with two attached hydrogens (primary N) is 1. The number of hydrogen-bond donors (Lipinski definition) is 2. The summed E-state index contributed by atoms with van der Waals surface area (Å²) in [7, 11) is 0. The minimum atomic E-state index is -1.28. The number of alkyl halides is 1. The highest BCUT2D eigenvalue weighted by Gasteiger charge is 2.30. The molecule has 22 heavy (non-hydrogen) atoms. The fourth-order valence-corrected chi connectivity index (χ4v) is 2.97. The van der Waals surface area contributed by atoms with Crippen LogP contribution in [0.1, 0.15) is 48.6 Å². The molecular weight excluding hydrogens is 281 g/mol. The maximum atomic E-state index is 13.4. The topological polar surface area (TPSA) is 76.7 Å². The van der Waals surface area contributed by atoms with Crippen LogP contribution in [-0.2, 0) is 6.42 Å². The lowest BCUT2D eigenvalue weighted by molar-refractivity contribution is 0.356. The van der Waals surface area contributed by atoms with Crippen LogP contribution < -0.4 is 11.1 Å². The zero-order valence-electron chi connectivity index (χ0n) is 13.0. The molecule has 2 aromatic rings. The largest absolute Gasteiger partial charge is 0.368 e. The number of nitrogen functional groups attached to an aromatic ring is 1. The molecule has 0 fully saturated rings. The molecule has 1 aliphatic carbocycles. The van der Waals surface area contributed by atoms with Crippen LogP contribution in [0.4, 0.5) is 16.3 Å². The van der Waals surface area contributed by atoms with Crippen molar-refractivity contribution >= 4 is 11.9 Å². The van der Waals surface area contributed by atoms with Gasteiger partial charge in [0.1, 0.15) is 0 Å². The third-order valence-electron chi connectivity index (χ3n) is 4.06. The molecule has 3 N–H and O–H groups in total. The van der Waals surface area contributed by atoms with E-state index in [4.69, 9.17) is 5.73 Å². The number of rotatable bonds is 3. The van der Waals surface area contributed by atoms with Crippen molar-refractivity contribution in [3.05, 3.63) is 40.7 Å². The number of halogens is 1. The van der Waals surface area contributed by atoms with Gasteiger partial charge < -0.3 is 11.1 Å².